The highest BCUT2D eigenvalue weighted by molar-refractivity contribution is 7.09. The van der Waals surface area contributed by atoms with Crippen molar-refractivity contribution in [1.29, 1.82) is 0 Å². The first-order valence-corrected chi connectivity index (χ1v) is 11.7. The molecule has 0 radical (unpaired) electrons. The van der Waals surface area contributed by atoms with E-state index in [0.717, 1.165) is 16.8 Å². The zero-order valence-electron chi connectivity index (χ0n) is 18.3. The van der Waals surface area contributed by atoms with Gasteiger partial charge in [-0.15, -0.1) is 11.3 Å². The van der Waals surface area contributed by atoms with E-state index in [4.69, 9.17) is 20.9 Å². The fourth-order valence-electron chi connectivity index (χ4n) is 3.05. The Labute approximate surface area is 204 Å². The number of nitrogens with one attached hydrogen (secondary N) is 1. The molecule has 34 heavy (non-hydrogen) atoms. The highest BCUT2D eigenvalue weighted by Gasteiger charge is 2.13. The lowest BCUT2D eigenvalue weighted by atomic mass is 10.2. The van der Waals surface area contributed by atoms with E-state index in [9.17, 15) is 9.59 Å². The number of nitrogens with zero attached hydrogens (tertiary/aromatic N) is 3. The van der Waals surface area contributed by atoms with Crippen LogP contribution in [0.25, 0.3) is 11.4 Å². The van der Waals surface area contributed by atoms with Crippen molar-refractivity contribution in [3.8, 4) is 11.4 Å². The second-order valence-corrected chi connectivity index (χ2v) is 8.83. The number of aromatic nitrogens is 3. The Morgan fingerprint density at radius 1 is 1.12 bits per heavy atom. The Morgan fingerprint density at radius 3 is 2.71 bits per heavy atom. The van der Waals surface area contributed by atoms with E-state index in [1.165, 1.54) is 11.3 Å². The van der Waals surface area contributed by atoms with Gasteiger partial charge in [-0.05, 0) is 42.8 Å². The normalized spacial score (nSPS) is 10.8. The summed E-state index contributed by atoms with van der Waals surface area (Å²) < 4.78 is 10.5. The first-order chi connectivity index (χ1) is 16.5. The molecule has 0 aliphatic carbocycles. The molecule has 1 N–H and O–H groups in total. The lowest BCUT2D eigenvalue weighted by molar-refractivity contribution is -0.145. The first kappa shape index (κ1) is 23.6. The van der Waals surface area contributed by atoms with Gasteiger partial charge >= 0.3 is 5.97 Å². The van der Waals surface area contributed by atoms with Crippen LogP contribution >= 0.6 is 22.9 Å². The lowest BCUT2D eigenvalue weighted by Gasteiger charge is -2.06. The molecular formula is C24H21ClN4O4S. The van der Waals surface area contributed by atoms with Gasteiger partial charge in [0.1, 0.15) is 11.6 Å². The van der Waals surface area contributed by atoms with Crippen LogP contribution in [0.5, 0.6) is 0 Å². The van der Waals surface area contributed by atoms with E-state index in [1.54, 1.807) is 29.6 Å². The quantitative estimate of drug-likeness (QED) is 0.324. The Balaban J connectivity index is 1.21. The number of para-hydroxylation sites is 1. The summed E-state index contributed by atoms with van der Waals surface area (Å²) in [5, 5.41) is 9.85. The van der Waals surface area contributed by atoms with Gasteiger partial charge in [-0.1, -0.05) is 35.0 Å². The number of benzene rings is 2. The maximum Gasteiger partial charge on any atom is 0.306 e. The Kier molecular flexibility index (Phi) is 7.66. The van der Waals surface area contributed by atoms with Gasteiger partial charge in [0.25, 0.3) is 0 Å². The number of amides is 1. The molecule has 2 aromatic heterocycles. The molecule has 0 fully saturated rings. The van der Waals surface area contributed by atoms with Crippen molar-refractivity contribution in [2.75, 3.05) is 5.32 Å². The molecular weight excluding hydrogens is 476 g/mol. The van der Waals surface area contributed by atoms with Crippen LogP contribution < -0.4 is 5.32 Å². The van der Waals surface area contributed by atoms with Gasteiger partial charge in [0, 0.05) is 28.1 Å². The van der Waals surface area contributed by atoms with Crippen LogP contribution in [-0.4, -0.2) is 27.0 Å². The van der Waals surface area contributed by atoms with Crippen molar-refractivity contribution in [1.82, 2.24) is 15.1 Å². The van der Waals surface area contributed by atoms with Crippen molar-refractivity contribution < 1.29 is 18.8 Å². The Bertz CT molecular complexity index is 1290. The lowest BCUT2D eigenvalue weighted by Crippen LogP contribution is -2.15. The Hall–Kier alpha value is -3.56. The Morgan fingerprint density at radius 2 is 1.91 bits per heavy atom. The summed E-state index contributed by atoms with van der Waals surface area (Å²) in [7, 11) is 0. The zero-order chi connectivity index (χ0) is 23.9. The van der Waals surface area contributed by atoms with Crippen molar-refractivity contribution in [3.05, 3.63) is 81.1 Å². The van der Waals surface area contributed by atoms with E-state index in [1.807, 2.05) is 31.2 Å². The van der Waals surface area contributed by atoms with Crippen LogP contribution in [0, 0.1) is 6.92 Å². The summed E-state index contributed by atoms with van der Waals surface area (Å²) >= 11 is 7.24. The summed E-state index contributed by atoms with van der Waals surface area (Å²) in [5.41, 5.74) is 3.14. The predicted molar refractivity (Wildman–Crippen MR) is 128 cm³/mol. The van der Waals surface area contributed by atoms with E-state index >= 15 is 0 Å². The second-order valence-electron chi connectivity index (χ2n) is 7.45. The van der Waals surface area contributed by atoms with Gasteiger partial charge in [-0.25, -0.2) is 4.98 Å². The van der Waals surface area contributed by atoms with Crippen LogP contribution in [0.15, 0.2) is 58.4 Å². The summed E-state index contributed by atoms with van der Waals surface area (Å²) in [6.45, 7) is 1.97. The highest BCUT2D eigenvalue weighted by atomic mass is 35.5. The molecule has 0 aliphatic rings. The fourth-order valence-corrected chi connectivity index (χ4v) is 3.95. The van der Waals surface area contributed by atoms with Gasteiger partial charge in [-0.3, -0.25) is 9.59 Å². The standard InChI is InChI=1S/C24H21ClN4O4S/c1-15-4-2-3-5-19(15)27-20(30)12-22-26-18(14-34-22)13-32-23(31)11-10-21-28-24(29-33-21)16-6-8-17(25)9-7-16/h2-9,14H,10-13H2,1H3,(H,27,30). The minimum atomic E-state index is -0.405. The summed E-state index contributed by atoms with van der Waals surface area (Å²) in [5.74, 6) is 0.224. The topological polar surface area (TPSA) is 107 Å². The zero-order valence-corrected chi connectivity index (χ0v) is 19.9. The molecule has 0 bridgehead atoms. The van der Waals surface area contributed by atoms with Crippen LogP contribution in [0.1, 0.15) is 28.6 Å². The summed E-state index contributed by atoms with van der Waals surface area (Å²) in [6.07, 6.45) is 0.513. The van der Waals surface area contributed by atoms with Gasteiger partial charge in [0.05, 0.1) is 18.5 Å². The molecule has 4 aromatic rings. The number of halogens is 1. The van der Waals surface area contributed by atoms with E-state index < -0.39 is 5.97 Å². The molecule has 0 aliphatic heterocycles. The molecule has 174 valence electrons. The highest BCUT2D eigenvalue weighted by Crippen LogP contribution is 2.19. The number of esters is 1. The molecule has 8 nitrogen and oxygen atoms in total. The summed E-state index contributed by atoms with van der Waals surface area (Å²) in [4.78, 5) is 33.1. The van der Waals surface area contributed by atoms with E-state index in [0.29, 0.717) is 27.4 Å². The molecule has 2 aromatic carbocycles. The number of hydrogen-bond acceptors (Lipinski definition) is 8. The minimum Gasteiger partial charge on any atom is -0.459 e. The molecule has 0 atom stereocenters. The molecule has 0 unspecified atom stereocenters. The number of carbonyl (C=O) groups excluding carboxylic acids is 2. The monoisotopic (exact) mass is 496 g/mol. The van der Waals surface area contributed by atoms with Crippen molar-refractivity contribution in [2.45, 2.75) is 32.8 Å². The smallest absolute Gasteiger partial charge is 0.306 e. The van der Waals surface area contributed by atoms with Gasteiger partial charge < -0.3 is 14.6 Å². The third-order valence-corrected chi connectivity index (χ3v) is 5.97. The molecule has 4 rings (SSSR count). The van der Waals surface area contributed by atoms with Crippen LogP contribution in [0.2, 0.25) is 5.02 Å². The van der Waals surface area contributed by atoms with Crippen LogP contribution in [0.3, 0.4) is 0 Å². The van der Waals surface area contributed by atoms with Crippen LogP contribution in [-0.2, 0) is 33.8 Å². The van der Waals surface area contributed by atoms with Gasteiger partial charge in [0.15, 0.2) is 0 Å². The first-order valence-electron chi connectivity index (χ1n) is 10.5. The number of carbonyl (C=O) groups is 2. The van der Waals surface area contributed by atoms with Crippen molar-refractivity contribution in [3.63, 3.8) is 0 Å². The third-order valence-electron chi connectivity index (χ3n) is 4.82. The SMILES string of the molecule is Cc1ccccc1NC(=O)Cc1nc(COC(=O)CCc2nc(-c3ccc(Cl)cc3)no2)cs1. The number of aryl methyl sites for hydroxylation is 2. The maximum absolute atomic E-state index is 12.3. The average molecular weight is 497 g/mol. The fraction of sp³-hybridized carbons (Fsp3) is 0.208. The van der Waals surface area contributed by atoms with E-state index in [2.05, 4.69) is 20.4 Å². The molecule has 0 spiro atoms. The maximum atomic E-state index is 12.3. The number of thiazole rings is 1. The third kappa shape index (κ3) is 6.49. The molecule has 2 heterocycles. The molecule has 1 amide bonds. The second kappa shape index (κ2) is 11.0. The average Bonchev–Trinajstić information content (AvgIpc) is 3.48. The van der Waals surface area contributed by atoms with Gasteiger partial charge in [0.2, 0.25) is 17.6 Å². The molecule has 0 saturated heterocycles. The summed E-state index contributed by atoms with van der Waals surface area (Å²) in [6, 6.07) is 14.6. The molecule has 0 saturated carbocycles. The van der Waals surface area contributed by atoms with Crippen molar-refractivity contribution in [2.24, 2.45) is 0 Å². The minimum absolute atomic E-state index is 0.0363. The largest absolute Gasteiger partial charge is 0.459 e. The van der Waals surface area contributed by atoms with Crippen molar-refractivity contribution >= 4 is 40.5 Å². The molecule has 10 heteroatoms. The predicted octanol–water partition coefficient (Wildman–Crippen LogP) is 5.01. The van der Waals surface area contributed by atoms with Crippen LogP contribution in [0.4, 0.5) is 5.69 Å². The van der Waals surface area contributed by atoms with E-state index in [-0.39, 0.29) is 31.8 Å². The number of anilines is 1. The number of hydrogen-bond donors (Lipinski definition) is 1. The van der Waals surface area contributed by atoms with Gasteiger partial charge in [-0.2, -0.15) is 4.98 Å². The number of rotatable bonds is 9. The number of ether oxygens (including phenoxy) is 1.